The fourth-order valence-corrected chi connectivity index (χ4v) is 5.21. The first-order chi connectivity index (χ1) is 12.5. The molecule has 0 saturated carbocycles. The molecule has 0 spiro atoms. The van der Waals surface area contributed by atoms with Gasteiger partial charge in [-0.1, -0.05) is 34.1 Å². The van der Waals surface area contributed by atoms with Crippen LogP contribution in [0.4, 0.5) is 4.39 Å². The molecule has 0 amide bonds. The van der Waals surface area contributed by atoms with E-state index in [9.17, 15) is 12.8 Å². The van der Waals surface area contributed by atoms with Crippen molar-refractivity contribution in [3.63, 3.8) is 0 Å². The number of hydrogen-bond donors (Lipinski definition) is 0. The summed E-state index contributed by atoms with van der Waals surface area (Å²) in [5, 5.41) is 0. The minimum atomic E-state index is -3.78. The summed E-state index contributed by atoms with van der Waals surface area (Å²) < 4.78 is 45.3. The molecule has 2 heterocycles. The highest BCUT2D eigenvalue weighted by atomic mass is 79.9. The van der Waals surface area contributed by atoms with Crippen LogP contribution >= 0.6 is 15.9 Å². The fourth-order valence-electron chi connectivity index (χ4n) is 3.37. The Morgan fingerprint density at radius 2 is 1.69 bits per heavy atom. The molecule has 4 nitrogen and oxygen atoms in total. The normalized spacial score (nSPS) is 17.8. The Kier molecular flexibility index (Phi) is 4.46. The zero-order valence-electron chi connectivity index (χ0n) is 13.7. The van der Waals surface area contributed by atoms with Gasteiger partial charge in [0.1, 0.15) is 5.82 Å². The Bertz CT molecular complexity index is 1050. The second kappa shape index (κ2) is 6.64. The number of fused-ring (bicyclic) bond motifs is 1. The molecule has 1 aliphatic heterocycles. The van der Waals surface area contributed by atoms with Crippen LogP contribution in [-0.2, 0) is 16.6 Å². The predicted octanol–water partition coefficient (Wildman–Crippen LogP) is 4.18. The van der Waals surface area contributed by atoms with Crippen molar-refractivity contribution in [3.8, 4) is 0 Å². The number of sulfonamides is 1. The molecule has 0 N–H and O–H groups in total. The number of nitrogens with zero attached hydrogens (tertiary/aromatic N) is 2. The molecular formula is C19H16BrFN2O2S. The van der Waals surface area contributed by atoms with Crippen molar-refractivity contribution in [2.45, 2.75) is 17.5 Å². The number of rotatable bonds is 3. The molecule has 1 aliphatic rings. The van der Waals surface area contributed by atoms with E-state index in [1.165, 1.54) is 10.4 Å². The molecule has 1 unspecified atom stereocenters. The molecule has 7 heteroatoms. The van der Waals surface area contributed by atoms with E-state index in [0.717, 1.165) is 10.2 Å². The molecule has 0 saturated heterocycles. The van der Waals surface area contributed by atoms with Crippen molar-refractivity contribution in [2.24, 2.45) is 0 Å². The van der Waals surface area contributed by atoms with Crippen LogP contribution in [0.25, 0.3) is 0 Å². The smallest absolute Gasteiger partial charge is 0.244 e. The van der Waals surface area contributed by atoms with Crippen molar-refractivity contribution in [1.29, 1.82) is 0 Å². The lowest BCUT2D eigenvalue weighted by Gasteiger charge is -2.36. The maximum atomic E-state index is 14.6. The maximum Gasteiger partial charge on any atom is 0.244 e. The molecule has 26 heavy (non-hydrogen) atoms. The largest absolute Gasteiger partial charge is 0.348 e. The Morgan fingerprint density at radius 1 is 0.962 bits per heavy atom. The van der Waals surface area contributed by atoms with Gasteiger partial charge in [0, 0.05) is 35.0 Å². The second-order valence-electron chi connectivity index (χ2n) is 6.12. The molecule has 1 aromatic heterocycles. The minimum Gasteiger partial charge on any atom is -0.348 e. The number of hydrogen-bond acceptors (Lipinski definition) is 2. The van der Waals surface area contributed by atoms with Crippen LogP contribution < -0.4 is 0 Å². The molecule has 3 aromatic rings. The van der Waals surface area contributed by atoms with Crippen LogP contribution in [0.2, 0.25) is 0 Å². The lowest BCUT2D eigenvalue weighted by Crippen LogP contribution is -2.42. The van der Waals surface area contributed by atoms with Gasteiger partial charge in [0.15, 0.2) is 0 Å². The Balaban J connectivity index is 1.87. The molecule has 4 rings (SSSR count). The standard InChI is InChI=1S/C19H16BrFN2O2S/c20-14-7-9-15(10-8-14)26(24,25)23-13-12-22-11-3-6-18(22)19(23)16-4-1-2-5-17(16)21/h1-11,19H,12-13H2. The van der Waals surface area contributed by atoms with E-state index in [1.54, 1.807) is 42.5 Å². The average Bonchev–Trinajstić information content (AvgIpc) is 3.10. The highest BCUT2D eigenvalue weighted by Gasteiger charge is 2.38. The first-order valence-corrected chi connectivity index (χ1v) is 10.4. The van der Waals surface area contributed by atoms with Crippen molar-refractivity contribution in [3.05, 3.63) is 88.4 Å². The predicted molar refractivity (Wildman–Crippen MR) is 101 cm³/mol. The van der Waals surface area contributed by atoms with Crippen molar-refractivity contribution >= 4 is 26.0 Å². The molecule has 1 atom stereocenters. The van der Waals surface area contributed by atoms with Crippen LogP contribution in [0, 0.1) is 5.82 Å². The molecule has 0 bridgehead atoms. The van der Waals surface area contributed by atoms with Crippen molar-refractivity contribution in [2.75, 3.05) is 6.54 Å². The third-order valence-corrected chi connectivity index (χ3v) is 7.02. The monoisotopic (exact) mass is 434 g/mol. The fraction of sp³-hybridized carbons (Fsp3) is 0.158. The average molecular weight is 435 g/mol. The second-order valence-corrected chi connectivity index (χ2v) is 8.93. The van der Waals surface area contributed by atoms with Crippen LogP contribution in [0.15, 0.2) is 76.2 Å². The van der Waals surface area contributed by atoms with Crippen molar-refractivity contribution in [1.82, 2.24) is 8.87 Å². The third-order valence-electron chi connectivity index (χ3n) is 4.61. The summed E-state index contributed by atoms with van der Waals surface area (Å²) >= 11 is 3.32. The van der Waals surface area contributed by atoms with Gasteiger partial charge in [-0.2, -0.15) is 4.31 Å². The first-order valence-electron chi connectivity index (χ1n) is 8.15. The van der Waals surface area contributed by atoms with Gasteiger partial charge < -0.3 is 4.57 Å². The minimum absolute atomic E-state index is 0.196. The van der Waals surface area contributed by atoms with Crippen LogP contribution in [0.1, 0.15) is 17.3 Å². The summed E-state index contributed by atoms with van der Waals surface area (Å²) in [5.41, 5.74) is 1.12. The van der Waals surface area contributed by atoms with Crippen LogP contribution in [0.5, 0.6) is 0 Å². The zero-order valence-corrected chi connectivity index (χ0v) is 16.1. The Labute approximate surface area is 160 Å². The van der Waals surface area contributed by atoms with Gasteiger partial charge in [0.25, 0.3) is 0 Å². The van der Waals surface area contributed by atoms with Gasteiger partial charge in [0.2, 0.25) is 10.0 Å². The zero-order chi connectivity index (χ0) is 18.3. The van der Waals surface area contributed by atoms with E-state index >= 15 is 0 Å². The number of aromatic nitrogens is 1. The van der Waals surface area contributed by atoms with E-state index in [1.807, 2.05) is 22.9 Å². The summed E-state index contributed by atoms with van der Waals surface area (Å²) in [7, 11) is -3.78. The first kappa shape index (κ1) is 17.5. The van der Waals surface area contributed by atoms with Gasteiger partial charge in [-0.15, -0.1) is 0 Å². The Morgan fingerprint density at radius 3 is 2.42 bits per heavy atom. The topological polar surface area (TPSA) is 42.3 Å². The Hall–Kier alpha value is -1.96. The van der Waals surface area contributed by atoms with E-state index in [4.69, 9.17) is 0 Å². The van der Waals surface area contributed by atoms with E-state index in [-0.39, 0.29) is 11.4 Å². The summed E-state index contributed by atoms with van der Waals surface area (Å²) in [4.78, 5) is 0.196. The lowest BCUT2D eigenvalue weighted by atomic mass is 10.0. The molecular weight excluding hydrogens is 419 g/mol. The van der Waals surface area contributed by atoms with Crippen LogP contribution in [-0.4, -0.2) is 23.8 Å². The van der Waals surface area contributed by atoms with E-state index < -0.39 is 21.9 Å². The highest BCUT2D eigenvalue weighted by Crippen LogP contribution is 2.37. The van der Waals surface area contributed by atoms with Gasteiger partial charge >= 0.3 is 0 Å². The summed E-state index contributed by atoms with van der Waals surface area (Å²) in [6.07, 6.45) is 1.90. The summed E-state index contributed by atoms with van der Waals surface area (Å²) in [6.45, 7) is 0.808. The molecule has 0 radical (unpaired) electrons. The molecule has 134 valence electrons. The summed E-state index contributed by atoms with van der Waals surface area (Å²) in [6, 6.07) is 15.9. The number of benzene rings is 2. The van der Waals surface area contributed by atoms with Crippen molar-refractivity contribution < 1.29 is 12.8 Å². The number of halogens is 2. The maximum absolute atomic E-state index is 14.6. The van der Waals surface area contributed by atoms with Gasteiger partial charge in [-0.25, -0.2) is 12.8 Å². The molecule has 2 aromatic carbocycles. The van der Waals surface area contributed by atoms with Gasteiger partial charge in [-0.3, -0.25) is 0 Å². The van der Waals surface area contributed by atoms with Crippen LogP contribution in [0.3, 0.4) is 0 Å². The van der Waals surface area contributed by atoms with E-state index in [2.05, 4.69) is 15.9 Å². The third kappa shape index (κ3) is 2.90. The van der Waals surface area contributed by atoms with E-state index in [0.29, 0.717) is 12.1 Å². The highest BCUT2D eigenvalue weighted by molar-refractivity contribution is 9.10. The molecule has 0 aliphatic carbocycles. The summed E-state index contributed by atoms with van der Waals surface area (Å²) in [5.74, 6) is -0.414. The quantitative estimate of drug-likeness (QED) is 0.620. The molecule has 0 fully saturated rings. The SMILES string of the molecule is O=S(=O)(c1ccc(Br)cc1)N1CCn2cccc2C1c1ccccc1F. The lowest BCUT2D eigenvalue weighted by molar-refractivity contribution is 0.293. The van der Waals surface area contributed by atoms with Gasteiger partial charge in [0.05, 0.1) is 10.9 Å². The van der Waals surface area contributed by atoms with Gasteiger partial charge in [-0.05, 0) is 42.5 Å².